The van der Waals surface area contributed by atoms with Gasteiger partial charge in [0.25, 0.3) is 0 Å². The Morgan fingerprint density at radius 2 is 1.95 bits per heavy atom. The van der Waals surface area contributed by atoms with Gasteiger partial charge in [0.1, 0.15) is 0 Å². The van der Waals surface area contributed by atoms with Crippen LogP contribution in [0.2, 0.25) is 15.1 Å². The molecular weight excluding hydrogens is 317 g/mol. The summed E-state index contributed by atoms with van der Waals surface area (Å²) in [5.74, 6) is 0. The van der Waals surface area contributed by atoms with E-state index in [9.17, 15) is 0 Å². The molecule has 0 bridgehead atoms. The first kappa shape index (κ1) is 15.6. The molecule has 0 radical (unpaired) electrons. The molecule has 0 fully saturated rings. The Bertz CT molecular complexity index is 595. The number of hydrogen-bond donors (Lipinski definition) is 1. The van der Waals surface area contributed by atoms with Crippen LogP contribution < -0.4 is 5.32 Å². The van der Waals surface area contributed by atoms with Gasteiger partial charge >= 0.3 is 0 Å². The molecule has 0 spiro atoms. The van der Waals surface area contributed by atoms with E-state index in [1.165, 1.54) is 0 Å². The monoisotopic (exact) mass is 331 g/mol. The molecule has 0 saturated carbocycles. The van der Waals surface area contributed by atoms with Crippen LogP contribution in [0.5, 0.6) is 0 Å². The third-order valence-corrected chi connectivity index (χ3v) is 3.95. The lowest BCUT2D eigenvalue weighted by Gasteiger charge is -2.21. The van der Waals surface area contributed by atoms with E-state index in [0.717, 1.165) is 24.3 Å². The van der Waals surface area contributed by atoms with Gasteiger partial charge in [-0.2, -0.15) is 5.10 Å². The smallest absolute Gasteiger partial charge is 0.0837 e. The van der Waals surface area contributed by atoms with Crippen LogP contribution in [0.25, 0.3) is 0 Å². The summed E-state index contributed by atoms with van der Waals surface area (Å²) < 4.78 is 1.87. The van der Waals surface area contributed by atoms with Crippen LogP contribution in [0.4, 0.5) is 0 Å². The van der Waals surface area contributed by atoms with Crippen LogP contribution in [-0.4, -0.2) is 16.3 Å². The molecule has 0 aliphatic heterocycles. The predicted molar refractivity (Wildman–Crippen MR) is 84.9 cm³/mol. The van der Waals surface area contributed by atoms with Crippen molar-refractivity contribution >= 4 is 34.8 Å². The van der Waals surface area contributed by atoms with E-state index >= 15 is 0 Å². The number of nitrogens with zero attached hydrogens (tertiary/aromatic N) is 2. The van der Waals surface area contributed by atoms with Crippen LogP contribution in [0, 0.1) is 0 Å². The van der Waals surface area contributed by atoms with Crippen LogP contribution in [0.15, 0.2) is 24.4 Å². The maximum Gasteiger partial charge on any atom is 0.0837 e. The summed E-state index contributed by atoms with van der Waals surface area (Å²) in [4.78, 5) is 0. The quantitative estimate of drug-likeness (QED) is 0.869. The van der Waals surface area contributed by atoms with Crippen molar-refractivity contribution in [2.75, 3.05) is 6.54 Å². The normalized spacial score (nSPS) is 12.7. The molecule has 1 N–H and O–H groups in total. The van der Waals surface area contributed by atoms with E-state index in [1.54, 1.807) is 18.3 Å². The van der Waals surface area contributed by atoms with Gasteiger partial charge in [0.15, 0.2) is 0 Å². The Morgan fingerprint density at radius 3 is 2.60 bits per heavy atom. The summed E-state index contributed by atoms with van der Waals surface area (Å²) in [6.07, 6.45) is 1.66. The molecule has 2 aromatic rings. The average molecular weight is 333 g/mol. The molecule has 0 saturated heterocycles. The predicted octanol–water partition coefficient (Wildman–Crippen LogP) is 4.56. The van der Waals surface area contributed by atoms with Gasteiger partial charge in [-0.15, -0.1) is 0 Å². The summed E-state index contributed by atoms with van der Waals surface area (Å²) >= 11 is 18.7. The van der Waals surface area contributed by atoms with Gasteiger partial charge in [0, 0.05) is 16.6 Å². The van der Waals surface area contributed by atoms with Crippen LogP contribution in [0.3, 0.4) is 0 Å². The second-order valence-electron chi connectivity index (χ2n) is 4.35. The van der Waals surface area contributed by atoms with Gasteiger partial charge in [-0.05, 0) is 37.2 Å². The molecule has 0 aliphatic rings. The zero-order chi connectivity index (χ0) is 14.7. The van der Waals surface area contributed by atoms with Crippen LogP contribution >= 0.6 is 34.8 Å². The summed E-state index contributed by atoms with van der Waals surface area (Å²) in [6.45, 7) is 5.57. The van der Waals surface area contributed by atoms with E-state index in [2.05, 4.69) is 10.4 Å². The van der Waals surface area contributed by atoms with Crippen LogP contribution in [-0.2, 0) is 6.54 Å². The standard InChI is InChI=1S/C14H16Cl3N3/c1-3-18-13(10-7-9(15)5-6-11(10)16)14-12(17)8-19-20(14)4-2/h5-8,13,18H,3-4H2,1-2H3. The molecule has 2 rings (SSSR count). The molecule has 0 aliphatic carbocycles. The van der Waals surface area contributed by atoms with E-state index in [0.29, 0.717) is 15.1 Å². The highest BCUT2D eigenvalue weighted by molar-refractivity contribution is 6.34. The zero-order valence-corrected chi connectivity index (χ0v) is 13.6. The van der Waals surface area contributed by atoms with Gasteiger partial charge in [-0.3, -0.25) is 4.68 Å². The van der Waals surface area contributed by atoms with Crippen molar-refractivity contribution in [2.45, 2.75) is 26.4 Å². The van der Waals surface area contributed by atoms with E-state index in [4.69, 9.17) is 34.8 Å². The second kappa shape index (κ2) is 6.81. The van der Waals surface area contributed by atoms with Crippen molar-refractivity contribution in [1.82, 2.24) is 15.1 Å². The first-order valence-corrected chi connectivity index (χ1v) is 7.61. The van der Waals surface area contributed by atoms with Crippen molar-refractivity contribution < 1.29 is 0 Å². The molecule has 108 valence electrons. The minimum absolute atomic E-state index is 0.138. The highest BCUT2D eigenvalue weighted by atomic mass is 35.5. The lowest BCUT2D eigenvalue weighted by molar-refractivity contribution is 0.542. The molecule has 1 atom stereocenters. The number of halogens is 3. The lowest BCUT2D eigenvalue weighted by atomic mass is 10.0. The van der Waals surface area contributed by atoms with Crippen molar-refractivity contribution in [1.29, 1.82) is 0 Å². The molecule has 1 aromatic heterocycles. The minimum atomic E-state index is -0.138. The van der Waals surface area contributed by atoms with Gasteiger partial charge in [0.05, 0.1) is 23.0 Å². The molecule has 0 amide bonds. The van der Waals surface area contributed by atoms with Crippen molar-refractivity contribution in [3.63, 3.8) is 0 Å². The van der Waals surface area contributed by atoms with Gasteiger partial charge in [-0.1, -0.05) is 41.7 Å². The first-order valence-electron chi connectivity index (χ1n) is 6.48. The molecule has 20 heavy (non-hydrogen) atoms. The Labute approximate surface area is 133 Å². The summed E-state index contributed by atoms with van der Waals surface area (Å²) in [5.41, 5.74) is 1.80. The fourth-order valence-electron chi connectivity index (χ4n) is 2.20. The van der Waals surface area contributed by atoms with Crippen molar-refractivity contribution in [3.05, 3.63) is 50.7 Å². The lowest BCUT2D eigenvalue weighted by Crippen LogP contribution is -2.25. The number of benzene rings is 1. The fraction of sp³-hybridized carbons (Fsp3) is 0.357. The third-order valence-electron chi connectivity index (χ3n) is 3.08. The van der Waals surface area contributed by atoms with Crippen LogP contribution in [0.1, 0.15) is 31.1 Å². The molecule has 6 heteroatoms. The molecular formula is C14H16Cl3N3. The number of rotatable bonds is 5. The minimum Gasteiger partial charge on any atom is -0.305 e. The topological polar surface area (TPSA) is 29.9 Å². The third kappa shape index (κ3) is 3.12. The van der Waals surface area contributed by atoms with Gasteiger partial charge in [0.2, 0.25) is 0 Å². The van der Waals surface area contributed by atoms with E-state index < -0.39 is 0 Å². The number of nitrogens with one attached hydrogen (secondary N) is 1. The summed E-state index contributed by atoms with van der Waals surface area (Å²) in [6, 6.07) is 5.29. The van der Waals surface area contributed by atoms with Gasteiger partial charge < -0.3 is 5.32 Å². The zero-order valence-electron chi connectivity index (χ0n) is 11.3. The fourth-order valence-corrected chi connectivity index (χ4v) is 2.86. The maximum absolute atomic E-state index is 6.32. The van der Waals surface area contributed by atoms with Crippen molar-refractivity contribution in [2.24, 2.45) is 0 Å². The first-order chi connectivity index (χ1) is 9.58. The van der Waals surface area contributed by atoms with E-state index in [-0.39, 0.29) is 6.04 Å². The summed E-state index contributed by atoms with van der Waals surface area (Å²) in [5, 5.41) is 9.60. The largest absolute Gasteiger partial charge is 0.305 e. The average Bonchev–Trinajstić information content (AvgIpc) is 2.80. The molecule has 1 unspecified atom stereocenters. The highest BCUT2D eigenvalue weighted by Crippen LogP contribution is 2.33. The number of hydrogen-bond acceptors (Lipinski definition) is 2. The van der Waals surface area contributed by atoms with Crippen molar-refractivity contribution in [3.8, 4) is 0 Å². The van der Waals surface area contributed by atoms with Gasteiger partial charge in [-0.25, -0.2) is 0 Å². The SMILES string of the molecule is CCNC(c1cc(Cl)ccc1Cl)c1c(Cl)cnn1CC. The summed E-state index contributed by atoms with van der Waals surface area (Å²) in [7, 11) is 0. The Hall–Kier alpha value is -0.740. The Balaban J connectivity index is 2.56. The highest BCUT2D eigenvalue weighted by Gasteiger charge is 2.23. The number of aromatic nitrogens is 2. The molecule has 1 aromatic carbocycles. The Kier molecular flexibility index (Phi) is 5.33. The Morgan fingerprint density at radius 1 is 1.20 bits per heavy atom. The molecule has 3 nitrogen and oxygen atoms in total. The maximum atomic E-state index is 6.32. The van der Waals surface area contributed by atoms with E-state index in [1.807, 2.05) is 24.6 Å². The number of aryl methyl sites for hydroxylation is 1. The molecule has 1 heterocycles. The second-order valence-corrected chi connectivity index (χ2v) is 5.60.